The predicted molar refractivity (Wildman–Crippen MR) is 83.2 cm³/mol. The minimum Gasteiger partial charge on any atom is -0.378 e. The van der Waals surface area contributed by atoms with Gasteiger partial charge in [-0.05, 0) is 42.3 Å². The number of nitrogens with one attached hydrogen (secondary N) is 1. The van der Waals surface area contributed by atoms with E-state index in [0.717, 1.165) is 11.3 Å². The van der Waals surface area contributed by atoms with Crippen LogP contribution in [-0.2, 0) is 6.42 Å². The SMILES string of the molecule is CN(C)c1cccc(C(=O)NCCc2ccc(F)cc2)c1. The van der Waals surface area contributed by atoms with Crippen molar-refractivity contribution in [3.8, 4) is 0 Å². The zero-order valence-corrected chi connectivity index (χ0v) is 12.3. The number of benzene rings is 2. The van der Waals surface area contributed by atoms with Crippen LogP contribution < -0.4 is 10.2 Å². The second kappa shape index (κ2) is 6.88. The minimum atomic E-state index is -0.247. The maximum Gasteiger partial charge on any atom is 0.251 e. The van der Waals surface area contributed by atoms with E-state index in [1.165, 1.54) is 12.1 Å². The highest BCUT2D eigenvalue weighted by Gasteiger charge is 2.06. The molecule has 0 saturated heterocycles. The Labute approximate surface area is 124 Å². The maximum atomic E-state index is 12.8. The van der Waals surface area contributed by atoms with Gasteiger partial charge in [0.25, 0.3) is 5.91 Å². The molecule has 0 aliphatic carbocycles. The third-order valence-electron chi connectivity index (χ3n) is 3.24. The van der Waals surface area contributed by atoms with Gasteiger partial charge in [-0.15, -0.1) is 0 Å². The molecule has 21 heavy (non-hydrogen) atoms. The molecule has 1 N–H and O–H groups in total. The number of hydrogen-bond donors (Lipinski definition) is 1. The molecule has 0 fully saturated rings. The van der Waals surface area contributed by atoms with E-state index < -0.39 is 0 Å². The van der Waals surface area contributed by atoms with Crippen molar-refractivity contribution in [3.63, 3.8) is 0 Å². The fraction of sp³-hybridized carbons (Fsp3) is 0.235. The van der Waals surface area contributed by atoms with Crippen LogP contribution in [0.3, 0.4) is 0 Å². The molecule has 2 rings (SSSR count). The van der Waals surface area contributed by atoms with Crippen LogP contribution in [0, 0.1) is 5.82 Å². The molecule has 0 aromatic heterocycles. The first-order chi connectivity index (χ1) is 10.1. The number of carbonyl (C=O) groups excluding carboxylic acids is 1. The van der Waals surface area contributed by atoms with Gasteiger partial charge in [0.05, 0.1) is 0 Å². The Balaban J connectivity index is 1.89. The van der Waals surface area contributed by atoms with Gasteiger partial charge in [0.1, 0.15) is 5.82 Å². The lowest BCUT2D eigenvalue weighted by Crippen LogP contribution is -2.25. The number of anilines is 1. The van der Waals surface area contributed by atoms with Gasteiger partial charge >= 0.3 is 0 Å². The number of amides is 1. The summed E-state index contributed by atoms with van der Waals surface area (Å²) in [7, 11) is 3.87. The molecule has 0 saturated carbocycles. The molecular formula is C17H19FN2O. The van der Waals surface area contributed by atoms with Gasteiger partial charge in [-0.25, -0.2) is 4.39 Å². The number of halogens is 1. The molecule has 0 bridgehead atoms. The van der Waals surface area contributed by atoms with E-state index in [4.69, 9.17) is 0 Å². The summed E-state index contributed by atoms with van der Waals surface area (Å²) in [6.07, 6.45) is 0.680. The first-order valence-electron chi connectivity index (χ1n) is 6.86. The first kappa shape index (κ1) is 15.0. The Kier molecular flexibility index (Phi) is 4.93. The molecule has 0 unspecified atom stereocenters. The second-order valence-electron chi connectivity index (χ2n) is 5.08. The highest BCUT2D eigenvalue weighted by molar-refractivity contribution is 5.95. The molecule has 2 aromatic carbocycles. The highest BCUT2D eigenvalue weighted by atomic mass is 19.1. The average Bonchev–Trinajstić information content (AvgIpc) is 2.49. The Hall–Kier alpha value is -2.36. The zero-order valence-electron chi connectivity index (χ0n) is 12.3. The largest absolute Gasteiger partial charge is 0.378 e. The van der Waals surface area contributed by atoms with E-state index >= 15 is 0 Å². The highest BCUT2D eigenvalue weighted by Crippen LogP contribution is 2.13. The summed E-state index contributed by atoms with van der Waals surface area (Å²) in [6.45, 7) is 0.524. The summed E-state index contributed by atoms with van der Waals surface area (Å²) in [4.78, 5) is 14.0. The average molecular weight is 286 g/mol. The van der Waals surface area contributed by atoms with E-state index in [2.05, 4.69) is 5.32 Å². The molecule has 2 aromatic rings. The zero-order chi connectivity index (χ0) is 15.2. The standard InChI is InChI=1S/C17H19FN2O/c1-20(2)16-5-3-4-14(12-16)17(21)19-11-10-13-6-8-15(18)9-7-13/h3-9,12H,10-11H2,1-2H3,(H,19,21). The summed E-state index contributed by atoms with van der Waals surface area (Å²) in [6, 6.07) is 13.8. The van der Waals surface area contributed by atoms with Crippen molar-refractivity contribution in [2.24, 2.45) is 0 Å². The van der Waals surface area contributed by atoms with E-state index in [1.54, 1.807) is 18.2 Å². The van der Waals surface area contributed by atoms with Crippen molar-refractivity contribution < 1.29 is 9.18 Å². The number of carbonyl (C=O) groups is 1. The van der Waals surface area contributed by atoms with Crippen LogP contribution in [0.2, 0.25) is 0 Å². The molecule has 3 nitrogen and oxygen atoms in total. The fourth-order valence-electron chi connectivity index (χ4n) is 2.00. The van der Waals surface area contributed by atoms with E-state index in [-0.39, 0.29) is 11.7 Å². The van der Waals surface area contributed by atoms with E-state index in [9.17, 15) is 9.18 Å². The van der Waals surface area contributed by atoms with Crippen LogP contribution in [0.5, 0.6) is 0 Å². The van der Waals surface area contributed by atoms with E-state index in [0.29, 0.717) is 18.5 Å². The van der Waals surface area contributed by atoms with E-state index in [1.807, 2.05) is 37.2 Å². The molecule has 0 atom stereocenters. The third-order valence-corrected chi connectivity index (χ3v) is 3.24. The smallest absolute Gasteiger partial charge is 0.251 e. The van der Waals surface area contributed by atoms with Crippen LogP contribution in [0.25, 0.3) is 0 Å². The van der Waals surface area contributed by atoms with Crippen molar-refractivity contribution in [2.75, 3.05) is 25.5 Å². The summed E-state index contributed by atoms with van der Waals surface area (Å²) in [5.41, 5.74) is 2.63. The number of rotatable bonds is 5. The van der Waals surface area contributed by atoms with Gasteiger partial charge in [-0.3, -0.25) is 4.79 Å². The topological polar surface area (TPSA) is 32.3 Å². The van der Waals surface area contributed by atoms with Crippen molar-refractivity contribution in [3.05, 3.63) is 65.5 Å². The second-order valence-corrected chi connectivity index (χ2v) is 5.08. The van der Waals surface area contributed by atoms with Gasteiger partial charge in [-0.2, -0.15) is 0 Å². The van der Waals surface area contributed by atoms with Crippen LogP contribution >= 0.6 is 0 Å². The quantitative estimate of drug-likeness (QED) is 0.916. The molecule has 0 heterocycles. The Morgan fingerprint density at radius 1 is 1.14 bits per heavy atom. The molecule has 0 spiro atoms. The molecule has 0 radical (unpaired) electrons. The van der Waals surface area contributed by atoms with Gasteiger partial charge in [0.2, 0.25) is 0 Å². The van der Waals surface area contributed by atoms with Crippen molar-refractivity contribution >= 4 is 11.6 Å². The Morgan fingerprint density at radius 2 is 1.86 bits per heavy atom. The van der Waals surface area contributed by atoms with Crippen molar-refractivity contribution in [1.29, 1.82) is 0 Å². The molecule has 110 valence electrons. The lowest BCUT2D eigenvalue weighted by molar-refractivity contribution is 0.0954. The van der Waals surface area contributed by atoms with Gasteiger partial charge < -0.3 is 10.2 Å². The van der Waals surface area contributed by atoms with Crippen molar-refractivity contribution in [1.82, 2.24) is 5.32 Å². The Morgan fingerprint density at radius 3 is 2.52 bits per heavy atom. The molecule has 4 heteroatoms. The third kappa shape index (κ3) is 4.31. The van der Waals surface area contributed by atoms with Crippen molar-refractivity contribution in [2.45, 2.75) is 6.42 Å². The Bertz CT molecular complexity index is 608. The summed E-state index contributed by atoms with van der Waals surface area (Å²) in [5.74, 6) is -0.343. The lowest BCUT2D eigenvalue weighted by Gasteiger charge is -2.13. The summed E-state index contributed by atoms with van der Waals surface area (Å²) < 4.78 is 12.8. The van der Waals surface area contributed by atoms with Crippen LogP contribution in [0.15, 0.2) is 48.5 Å². The number of nitrogens with zero attached hydrogens (tertiary/aromatic N) is 1. The number of hydrogen-bond acceptors (Lipinski definition) is 2. The van der Waals surface area contributed by atoms with Crippen LogP contribution in [-0.4, -0.2) is 26.5 Å². The molecule has 0 aliphatic heterocycles. The van der Waals surface area contributed by atoms with Crippen LogP contribution in [0.4, 0.5) is 10.1 Å². The van der Waals surface area contributed by atoms with Crippen LogP contribution in [0.1, 0.15) is 15.9 Å². The maximum absolute atomic E-state index is 12.8. The van der Waals surface area contributed by atoms with Gasteiger partial charge in [0.15, 0.2) is 0 Å². The molecular weight excluding hydrogens is 267 g/mol. The monoisotopic (exact) mass is 286 g/mol. The minimum absolute atomic E-state index is 0.0965. The van der Waals surface area contributed by atoms with Gasteiger partial charge in [0, 0.05) is 31.9 Å². The lowest BCUT2D eigenvalue weighted by atomic mass is 10.1. The summed E-state index contributed by atoms with van der Waals surface area (Å²) in [5, 5.41) is 2.88. The fourth-order valence-corrected chi connectivity index (χ4v) is 2.00. The predicted octanol–water partition coefficient (Wildman–Crippen LogP) is 2.86. The van der Waals surface area contributed by atoms with Gasteiger partial charge in [-0.1, -0.05) is 18.2 Å². The molecule has 1 amide bonds. The first-order valence-corrected chi connectivity index (χ1v) is 6.86. The normalized spacial score (nSPS) is 10.2. The summed E-state index contributed by atoms with van der Waals surface area (Å²) >= 11 is 0. The molecule has 0 aliphatic rings.